The van der Waals surface area contributed by atoms with E-state index in [1.165, 1.54) is 64.2 Å². The fourth-order valence-corrected chi connectivity index (χ4v) is 19.4. The van der Waals surface area contributed by atoms with Crippen molar-refractivity contribution < 1.29 is 0 Å². The maximum Gasteiger partial charge on any atom is 0.0111 e. The van der Waals surface area contributed by atoms with Crippen LogP contribution in [0.4, 0.5) is 0 Å². The van der Waals surface area contributed by atoms with Gasteiger partial charge >= 0.3 is 0 Å². The van der Waals surface area contributed by atoms with Crippen molar-refractivity contribution in [3.63, 3.8) is 0 Å². The number of rotatable bonds is 12. The summed E-state index contributed by atoms with van der Waals surface area (Å²) in [7, 11) is 0.371. The Morgan fingerprint density at radius 3 is 1.19 bits per heavy atom. The van der Waals surface area contributed by atoms with Crippen molar-refractivity contribution >= 4 is 15.8 Å². The third kappa shape index (κ3) is 4.48. The van der Waals surface area contributed by atoms with Crippen LogP contribution < -0.4 is 0 Å². The molecule has 0 bridgehead atoms. The van der Waals surface area contributed by atoms with E-state index in [4.69, 9.17) is 0 Å². The Hall–Kier alpha value is 0.860. The largest absolute Gasteiger partial charge is 0.0895 e. The van der Waals surface area contributed by atoms with E-state index in [2.05, 4.69) is 41.5 Å². The zero-order valence-electron chi connectivity index (χ0n) is 19.7. The first-order chi connectivity index (χ1) is 13.0. The van der Waals surface area contributed by atoms with E-state index in [0.717, 1.165) is 15.2 Å². The standard InChI is InChI=1S/C25H50P2/c1-7-15-23(16-8-2)19-13-21-26(23)25(11-5,12-6)27-22-14-20-24(27,17-9-3)18-10-4/h7-22H2,1-6H3. The lowest BCUT2D eigenvalue weighted by atomic mass is 9.93. The van der Waals surface area contributed by atoms with Gasteiger partial charge in [-0.05, 0) is 86.8 Å². The molecule has 0 aliphatic carbocycles. The topological polar surface area (TPSA) is 0 Å². The molecular formula is C25H50P2. The van der Waals surface area contributed by atoms with Crippen LogP contribution in [0, 0.1) is 0 Å². The van der Waals surface area contributed by atoms with Gasteiger partial charge in [0.05, 0.1) is 0 Å². The molecule has 0 aromatic rings. The van der Waals surface area contributed by atoms with Crippen molar-refractivity contribution in [1.29, 1.82) is 0 Å². The SMILES string of the molecule is CCCC1(CCC)CCCP1C(CC)(CC)P1CCCC1(CCC)CCC. The summed E-state index contributed by atoms with van der Waals surface area (Å²) in [5, 5.41) is 1.50. The zero-order chi connectivity index (χ0) is 20.0. The second-order valence-corrected chi connectivity index (χ2v) is 16.2. The first kappa shape index (κ1) is 24.1. The molecule has 0 aromatic carbocycles. The van der Waals surface area contributed by atoms with E-state index in [1.807, 2.05) is 0 Å². The quantitative estimate of drug-likeness (QED) is 0.280. The van der Waals surface area contributed by atoms with Crippen molar-refractivity contribution in [3.05, 3.63) is 0 Å². The first-order valence-electron chi connectivity index (χ1n) is 12.6. The molecule has 0 spiro atoms. The van der Waals surface area contributed by atoms with Crippen LogP contribution in [0.3, 0.4) is 0 Å². The third-order valence-electron chi connectivity index (χ3n) is 8.19. The normalized spacial score (nSPS) is 27.3. The Bertz CT molecular complexity index is 378. The molecule has 2 unspecified atom stereocenters. The molecule has 2 saturated heterocycles. The first-order valence-corrected chi connectivity index (χ1v) is 15.7. The molecule has 0 amide bonds. The predicted octanol–water partition coefficient (Wildman–Crippen LogP) is 9.73. The van der Waals surface area contributed by atoms with Gasteiger partial charge in [-0.2, -0.15) is 0 Å². The van der Waals surface area contributed by atoms with Gasteiger partial charge in [-0.3, -0.25) is 0 Å². The Morgan fingerprint density at radius 2 is 0.926 bits per heavy atom. The smallest absolute Gasteiger partial charge is 0.0111 e. The minimum absolute atomic E-state index is 0.185. The van der Waals surface area contributed by atoms with Crippen molar-refractivity contribution in [2.75, 3.05) is 12.3 Å². The predicted molar refractivity (Wildman–Crippen MR) is 130 cm³/mol. The summed E-state index contributed by atoms with van der Waals surface area (Å²) in [6, 6.07) is 0. The molecule has 0 saturated carbocycles. The highest BCUT2D eigenvalue weighted by Gasteiger charge is 2.58. The third-order valence-corrected chi connectivity index (χ3v) is 18.1. The molecule has 2 aliphatic heterocycles. The molecule has 0 N–H and O–H groups in total. The van der Waals surface area contributed by atoms with Gasteiger partial charge in [0.25, 0.3) is 0 Å². The van der Waals surface area contributed by atoms with Crippen LogP contribution in [0.1, 0.15) is 131 Å². The van der Waals surface area contributed by atoms with Gasteiger partial charge in [0.15, 0.2) is 0 Å². The highest BCUT2D eigenvalue weighted by atomic mass is 31.2. The van der Waals surface area contributed by atoms with Crippen LogP contribution in [-0.4, -0.2) is 27.5 Å². The van der Waals surface area contributed by atoms with Gasteiger partial charge < -0.3 is 0 Å². The van der Waals surface area contributed by atoms with Crippen LogP contribution in [-0.2, 0) is 0 Å². The second-order valence-electron chi connectivity index (χ2n) is 9.65. The molecule has 160 valence electrons. The molecule has 2 fully saturated rings. The van der Waals surface area contributed by atoms with Crippen LogP contribution >= 0.6 is 15.8 Å². The lowest BCUT2D eigenvalue weighted by Crippen LogP contribution is -2.39. The fraction of sp³-hybridized carbons (Fsp3) is 1.00. The van der Waals surface area contributed by atoms with Crippen molar-refractivity contribution in [3.8, 4) is 0 Å². The molecule has 2 heterocycles. The van der Waals surface area contributed by atoms with Gasteiger partial charge in [-0.25, -0.2) is 0 Å². The molecule has 2 aliphatic rings. The molecule has 0 aromatic heterocycles. The van der Waals surface area contributed by atoms with Crippen LogP contribution in [0.25, 0.3) is 0 Å². The summed E-state index contributed by atoms with van der Waals surface area (Å²) in [5.74, 6) is 0. The number of hydrogen-bond donors (Lipinski definition) is 0. The van der Waals surface area contributed by atoms with Gasteiger partial charge in [0, 0.05) is 4.90 Å². The Balaban J connectivity index is 2.48. The van der Waals surface area contributed by atoms with Crippen LogP contribution in [0.2, 0.25) is 0 Å². The summed E-state index contributed by atoms with van der Waals surface area (Å²) in [6.45, 7) is 15.1. The van der Waals surface area contributed by atoms with Crippen molar-refractivity contribution in [1.82, 2.24) is 0 Å². The Morgan fingerprint density at radius 1 is 0.593 bits per heavy atom. The zero-order valence-corrected chi connectivity index (χ0v) is 21.5. The fourth-order valence-electron chi connectivity index (χ4n) is 7.49. The summed E-state index contributed by atoms with van der Waals surface area (Å²) < 4.78 is 0. The second kappa shape index (κ2) is 10.8. The lowest BCUT2D eigenvalue weighted by molar-refractivity contribution is 0.451. The van der Waals surface area contributed by atoms with E-state index >= 15 is 0 Å². The maximum atomic E-state index is 2.61. The van der Waals surface area contributed by atoms with E-state index in [1.54, 1.807) is 38.0 Å². The average Bonchev–Trinajstić information content (AvgIpc) is 3.25. The van der Waals surface area contributed by atoms with Crippen molar-refractivity contribution in [2.24, 2.45) is 0 Å². The summed E-state index contributed by atoms with van der Waals surface area (Å²) in [5.41, 5.74) is 0. The van der Waals surface area contributed by atoms with E-state index in [9.17, 15) is 0 Å². The minimum atomic E-state index is 0.185. The summed E-state index contributed by atoms with van der Waals surface area (Å²) in [6.07, 6.45) is 24.2. The highest BCUT2D eigenvalue weighted by molar-refractivity contribution is 7.79. The Labute approximate surface area is 174 Å². The highest BCUT2D eigenvalue weighted by Crippen LogP contribution is 2.84. The summed E-state index contributed by atoms with van der Waals surface area (Å²) >= 11 is 0. The van der Waals surface area contributed by atoms with Crippen LogP contribution in [0.15, 0.2) is 0 Å². The monoisotopic (exact) mass is 412 g/mol. The van der Waals surface area contributed by atoms with Gasteiger partial charge in [0.2, 0.25) is 0 Å². The molecule has 2 atom stereocenters. The Kier molecular flexibility index (Phi) is 9.62. The van der Waals surface area contributed by atoms with Gasteiger partial charge in [0.1, 0.15) is 0 Å². The molecule has 27 heavy (non-hydrogen) atoms. The minimum Gasteiger partial charge on any atom is -0.0895 e. The lowest BCUT2D eigenvalue weighted by Gasteiger charge is -2.56. The van der Waals surface area contributed by atoms with Crippen LogP contribution in [0.5, 0.6) is 0 Å². The average molecular weight is 413 g/mol. The summed E-state index contributed by atoms with van der Waals surface area (Å²) in [4.78, 5) is 0.742. The van der Waals surface area contributed by atoms with Gasteiger partial charge in [-0.1, -0.05) is 83.1 Å². The molecule has 2 heteroatoms. The van der Waals surface area contributed by atoms with E-state index in [0.29, 0.717) is 0 Å². The molecule has 0 nitrogen and oxygen atoms in total. The number of hydrogen-bond acceptors (Lipinski definition) is 0. The van der Waals surface area contributed by atoms with Crippen molar-refractivity contribution in [2.45, 2.75) is 147 Å². The molecular weight excluding hydrogens is 362 g/mol. The molecule has 0 radical (unpaired) electrons. The molecule has 2 rings (SSSR count). The van der Waals surface area contributed by atoms with E-state index < -0.39 is 0 Å². The van der Waals surface area contributed by atoms with Gasteiger partial charge in [-0.15, -0.1) is 0 Å². The van der Waals surface area contributed by atoms with E-state index in [-0.39, 0.29) is 15.8 Å². The maximum absolute atomic E-state index is 2.61.